The minimum atomic E-state index is -0.375. The standard InChI is InChI=1S/C28H36ClN5O4/c1-19(2)31-25(35)18-34-27(20-9-10-23(29)24(15-20)37-3)32-26-22(28(34)36)16-21(17-30-26)38-14-8-13-33-11-6-4-5-7-12-33/h9-10,15-17,19H,4-8,11-14,18H2,1-3H3,(H,31,35). The molecular formula is C28H36ClN5O4. The van der Waals surface area contributed by atoms with Gasteiger partial charge in [0.1, 0.15) is 23.9 Å². The molecule has 38 heavy (non-hydrogen) atoms. The Kier molecular flexibility index (Phi) is 9.58. The molecule has 0 aliphatic carbocycles. The van der Waals surface area contributed by atoms with Crippen molar-refractivity contribution < 1.29 is 14.3 Å². The summed E-state index contributed by atoms with van der Waals surface area (Å²) in [6.07, 6.45) is 7.63. The predicted molar refractivity (Wildman–Crippen MR) is 149 cm³/mol. The fourth-order valence-corrected chi connectivity index (χ4v) is 4.88. The molecule has 1 aliphatic heterocycles. The zero-order chi connectivity index (χ0) is 27.1. The summed E-state index contributed by atoms with van der Waals surface area (Å²) in [5, 5.41) is 3.56. The van der Waals surface area contributed by atoms with Crippen LogP contribution in [0.5, 0.6) is 11.5 Å². The van der Waals surface area contributed by atoms with Gasteiger partial charge in [0.05, 0.1) is 30.3 Å². The van der Waals surface area contributed by atoms with Crippen LogP contribution < -0.4 is 20.3 Å². The topological polar surface area (TPSA) is 98.6 Å². The SMILES string of the molecule is COc1cc(-c2nc3ncc(OCCCN4CCCCCC4)cc3c(=O)n2CC(=O)NC(C)C)ccc1Cl. The fourth-order valence-electron chi connectivity index (χ4n) is 4.68. The average Bonchev–Trinajstić information content (AvgIpc) is 3.17. The third-order valence-corrected chi connectivity index (χ3v) is 6.84. The molecule has 1 saturated heterocycles. The number of hydrogen-bond acceptors (Lipinski definition) is 7. The molecule has 3 aromatic rings. The number of carbonyl (C=O) groups excluding carboxylic acids is 1. The summed E-state index contributed by atoms with van der Waals surface area (Å²) < 4.78 is 12.6. The molecule has 9 nitrogen and oxygen atoms in total. The molecule has 0 bridgehead atoms. The largest absolute Gasteiger partial charge is 0.495 e. The van der Waals surface area contributed by atoms with E-state index in [1.165, 1.54) is 37.4 Å². The second-order valence-corrected chi connectivity index (χ2v) is 10.3. The number of ether oxygens (including phenoxy) is 2. The molecule has 0 saturated carbocycles. The highest BCUT2D eigenvalue weighted by molar-refractivity contribution is 6.32. The van der Waals surface area contributed by atoms with E-state index in [1.807, 2.05) is 13.8 Å². The second kappa shape index (κ2) is 13.1. The number of nitrogens with zero attached hydrogens (tertiary/aromatic N) is 4. The molecule has 0 unspecified atom stereocenters. The summed E-state index contributed by atoms with van der Waals surface area (Å²) in [6, 6.07) is 6.68. The van der Waals surface area contributed by atoms with Gasteiger partial charge in [-0.1, -0.05) is 24.4 Å². The molecule has 1 fully saturated rings. The molecule has 0 atom stereocenters. The molecule has 0 spiro atoms. The third-order valence-electron chi connectivity index (χ3n) is 6.53. The van der Waals surface area contributed by atoms with Crippen LogP contribution in [0.1, 0.15) is 46.0 Å². The van der Waals surface area contributed by atoms with Gasteiger partial charge >= 0.3 is 0 Å². The van der Waals surface area contributed by atoms with Gasteiger partial charge < -0.3 is 19.7 Å². The smallest absolute Gasteiger partial charge is 0.263 e. The van der Waals surface area contributed by atoms with E-state index in [-0.39, 0.29) is 35.1 Å². The lowest BCUT2D eigenvalue weighted by Gasteiger charge is -2.19. The summed E-state index contributed by atoms with van der Waals surface area (Å²) in [7, 11) is 1.51. The molecule has 2 aromatic heterocycles. The molecule has 204 valence electrons. The van der Waals surface area contributed by atoms with Crippen LogP contribution in [0, 0.1) is 0 Å². The van der Waals surface area contributed by atoms with Crippen LogP contribution in [0.3, 0.4) is 0 Å². The Labute approximate surface area is 228 Å². The molecule has 0 radical (unpaired) electrons. The lowest BCUT2D eigenvalue weighted by Crippen LogP contribution is -2.37. The Morgan fingerprint density at radius 1 is 1.16 bits per heavy atom. The van der Waals surface area contributed by atoms with Crippen molar-refractivity contribution in [1.82, 2.24) is 24.8 Å². The monoisotopic (exact) mass is 541 g/mol. The Hall–Kier alpha value is -3.17. The molecule has 4 rings (SSSR count). The van der Waals surface area contributed by atoms with E-state index in [0.717, 1.165) is 26.1 Å². The van der Waals surface area contributed by atoms with E-state index >= 15 is 0 Å². The molecule has 1 aromatic carbocycles. The van der Waals surface area contributed by atoms with Crippen LogP contribution in [-0.2, 0) is 11.3 Å². The van der Waals surface area contributed by atoms with Crippen molar-refractivity contribution in [2.75, 3.05) is 33.4 Å². The molecule has 1 aliphatic rings. The first-order chi connectivity index (χ1) is 18.4. The molecule has 3 heterocycles. The van der Waals surface area contributed by atoms with Gasteiger partial charge in [0, 0.05) is 18.2 Å². The molecular weight excluding hydrogens is 506 g/mol. The van der Waals surface area contributed by atoms with Crippen LogP contribution in [0.4, 0.5) is 0 Å². The fraction of sp³-hybridized carbons (Fsp3) is 0.500. The first-order valence-corrected chi connectivity index (χ1v) is 13.6. The van der Waals surface area contributed by atoms with Crippen molar-refractivity contribution in [3.63, 3.8) is 0 Å². The zero-order valence-corrected chi connectivity index (χ0v) is 23.1. The van der Waals surface area contributed by atoms with Gasteiger partial charge in [0.2, 0.25) is 5.91 Å². The van der Waals surface area contributed by atoms with E-state index in [1.54, 1.807) is 30.5 Å². The number of methoxy groups -OCH3 is 1. The number of halogens is 1. The highest BCUT2D eigenvalue weighted by Crippen LogP contribution is 2.30. The number of rotatable bonds is 10. The number of hydrogen-bond donors (Lipinski definition) is 1. The second-order valence-electron chi connectivity index (χ2n) is 9.90. The number of carbonyl (C=O) groups is 1. The number of aromatic nitrogens is 3. The average molecular weight is 542 g/mol. The maximum atomic E-state index is 13.7. The van der Waals surface area contributed by atoms with Crippen LogP contribution in [0.25, 0.3) is 22.4 Å². The predicted octanol–water partition coefficient (Wildman–Crippen LogP) is 4.29. The minimum absolute atomic E-state index is 0.0679. The maximum Gasteiger partial charge on any atom is 0.263 e. The minimum Gasteiger partial charge on any atom is -0.495 e. The Morgan fingerprint density at radius 2 is 1.92 bits per heavy atom. The lowest BCUT2D eigenvalue weighted by molar-refractivity contribution is -0.122. The summed E-state index contributed by atoms with van der Waals surface area (Å²) in [6.45, 7) is 7.36. The van der Waals surface area contributed by atoms with Crippen LogP contribution in [0.2, 0.25) is 5.02 Å². The quantitative estimate of drug-likeness (QED) is 0.382. The number of likely N-dealkylation sites (tertiary alicyclic amines) is 1. The van der Waals surface area contributed by atoms with Crippen LogP contribution >= 0.6 is 11.6 Å². The lowest BCUT2D eigenvalue weighted by atomic mass is 10.2. The van der Waals surface area contributed by atoms with E-state index in [2.05, 4.69) is 20.2 Å². The van der Waals surface area contributed by atoms with Gasteiger partial charge in [-0.05, 0) is 70.5 Å². The summed E-state index contributed by atoms with van der Waals surface area (Å²) >= 11 is 6.21. The van der Waals surface area contributed by atoms with Gasteiger partial charge in [-0.25, -0.2) is 9.97 Å². The number of fused-ring (bicyclic) bond motifs is 1. The van der Waals surface area contributed by atoms with E-state index < -0.39 is 0 Å². The van der Waals surface area contributed by atoms with Crippen molar-refractivity contribution in [1.29, 1.82) is 0 Å². The van der Waals surface area contributed by atoms with Gasteiger partial charge in [-0.15, -0.1) is 0 Å². The van der Waals surface area contributed by atoms with Crippen molar-refractivity contribution >= 4 is 28.5 Å². The molecule has 1 N–H and O–H groups in total. The zero-order valence-electron chi connectivity index (χ0n) is 22.3. The van der Waals surface area contributed by atoms with Crippen molar-refractivity contribution in [3.8, 4) is 22.9 Å². The van der Waals surface area contributed by atoms with Gasteiger partial charge in [0.25, 0.3) is 5.56 Å². The summed E-state index contributed by atoms with van der Waals surface area (Å²) in [4.78, 5) is 37.9. The summed E-state index contributed by atoms with van der Waals surface area (Å²) in [5.41, 5.74) is 0.481. The van der Waals surface area contributed by atoms with Gasteiger partial charge in [0.15, 0.2) is 5.65 Å². The third kappa shape index (κ3) is 7.02. The Balaban J connectivity index is 1.61. The first-order valence-electron chi connectivity index (χ1n) is 13.2. The number of amides is 1. The normalized spacial score (nSPS) is 14.4. The van der Waals surface area contributed by atoms with E-state index in [4.69, 9.17) is 21.1 Å². The highest BCUT2D eigenvalue weighted by atomic mass is 35.5. The number of nitrogens with one attached hydrogen (secondary N) is 1. The Morgan fingerprint density at radius 3 is 2.63 bits per heavy atom. The van der Waals surface area contributed by atoms with Gasteiger partial charge in [-0.2, -0.15) is 0 Å². The molecule has 1 amide bonds. The first kappa shape index (κ1) is 27.9. The van der Waals surface area contributed by atoms with Crippen molar-refractivity contribution in [2.24, 2.45) is 0 Å². The summed E-state index contributed by atoms with van der Waals surface area (Å²) in [5.74, 6) is 0.953. The van der Waals surface area contributed by atoms with Crippen LogP contribution in [0.15, 0.2) is 35.3 Å². The van der Waals surface area contributed by atoms with E-state index in [9.17, 15) is 9.59 Å². The van der Waals surface area contributed by atoms with Crippen molar-refractivity contribution in [3.05, 3.63) is 45.8 Å². The van der Waals surface area contributed by atoms with E-state index in [0.29, 0.717) is 34.5 Å². The molecule has 10 heteroatoms. The Bertz CT molecular complexity index is 1320. The van der Waals surface area contributed by atoms with Crippen molar-refractivity contribution in [2.45, 2.75) is 58.5 Å². The van der Waals surface area contributed by atoms with Crippen LogP contribution in [-0.4, -0.2) is 64.7 Å². The number of benzene rings is 1. The number of pyridine rings is 1. The van der Waals surface area contributed by atoms with Gasteiger partial charge in [-0.3, -0.25) is 14.2 Å². The maximum absolute atomic E-state index is 13.7. The highest BCUT2D eigenvalue weighted by Gasteiger charge is 2.18.